The first-order valence-corrected chi connectivity index (χ1v) is 9.25. The Morgan fingerprint density at radius 3 is 2.68 bits per heavy atom. The van der Waals surface area contributed by atoms with Crippen LogP contribution in [0, 0.1) is 0 Å². The lowest BCUT2D eigenvalue weighted by Gasteiger charge is -2.25. The Kier molecular flexibility index (Phi) is 4.89. The van der Waals surface area contributed by atoms with Crippen LogP contribution >= 0.6 is 0 Å². The minimum Gasteiger partial charge on any atom is -0.369 e. The number of amides is 2. The summed E-state index contributed by atoms with van der Waals surface area (Å²) in [5, 5.41) is 7.49. The molecule has 4 rings (SSSR count). The minimum absolute atomic E-state index is 0.0252. The van der Waals surface area contributed by atoms with Crippen LogP contribution < -0.4 is 11.1 Å². The van der Waals surface area contributed by atoms with E-state index in [-0.39, 0.29) is 18.4 Å². The summed E-state index contributed by atoms with van der Waals surface area (Å²) in [6.45, 7) is 0.596. The van der Waals surface area contributed by atoms with Gasteiger partial charge in [-0.05, 0) is 23.6 Å². The van der Waals surface area contributed by atoms with Crippen LogP contribution in [0.3, 0.4) is 0 Å². The van der Waals surface area contributed by atoms with Crippen LogP contribution in [-0.2, 0) is 30.6 Å². The maximum atomic E-state index is 12.5. The molecule has 2 amide bonds. The number of rotatable bonds is 6. The topological polar surface area (TPSA) is 103 Å². The molecule has 3 aromatic rings. The van der Waals surface area contributed by atoms with Gasteiger partial charge in [0.1, 0.15) is 5.82 Å². The molecule has 7 nitrogen and oxygen atoms in total. The summed E-state index contributed by atoms with van der Waals surface area (Å²) in [7, 11) is 0. The molecular formula is C21H21N5O2. The molecule has 1 unspecified atom stereocenters. The number of fused-ring (bicyclic) bond motifs is 1. The van der Waals surface area contributed by atoms with Crippen LogP contribution in [0.15, 0.2) is 54.6 Å². The lowest BCUT2D eigenvalue weighted by Crippen LogP contribution is -2.37. The summed E-state index contributed by atoms with van der Waals surface area (Å²) >= 11 is 0. The largest absolute Gasteiger partial charge is 0.369 e. The van der Waals surface area contributed by atoms with Gasteiger partial charge in [0.05, 0.1) is 12.5 Å². The van der Waals surface area contributed by atoms with E-state index in [0.717, 1.165) is 12.0 Å². The molecule has 1 aliphatic rings. The molecule has 142 valence electrons. The molecule has 0 saturated carbocycles. The number of nitrogens with zero attached hydrogens (tertiary/aromatic N) is 3. The van der Waals surface area contributed by atoms with E-state index in [2.05, 4.69) is 27.5 Å². The summed E-state index contributed by atoms with van der Waals surface area (Å²) in [5.41, 5.74) is 8.16. The van der Waals surface area contributed by atoms with Gasteiger partial charge in [0, 0.05) is 18.5 Å². The third-order valence-corrected chi connectivity index (χ3v) is 4.83. The van der Waals surface area contributed by atoms with Gasteiger partial charge in [0.25, 0.3) is 5.91 Å². The van der Waals surface area contributed by atoms with Crippen molar-refractivity contribution in [3.63, 3.8) is 0 Å². The molecule has 1 aliphatic heterocycles. The van der Waals surface area contributed by atoms with Crippen molar-refractivity contribution in [2.75, 3.05) is 0 Å². The Bertz CT molecular complexity index is 1010. The number of hydrogen-bond acceptors (Lipinski definition) is 4. The standard InChI is InChI=1S/C21H21N5O2/c22-18(27)13-19-24-20(26(25-19)11-10-14-6-2-1-3-7-14)17-12-15-8-4-5-9-16(15)21(28)23-17/h1-9,17H,10-13H2,(H2,22,27)(H,23,28). The van der Waals surface area contributed by atoms with E-state index < -0.39 is 5.91 Å². The number of nitrogens with one attached hydrogen (secondary N) is 1. The predicted octanol–water partition coefficient (Wildman–Crippen LogP) is 1.58. The van der Waals surface area contributed by atoms with Gasteiger partial charge in [-0.1, -0.05) is 48.5 Å². The van der Waals surface area contributed by atoms with Crippen molar-refractivity contribution in [1.29, 1.82) is 0 Å². The molecular weight excluding hydrogens is 354 g/mol. The lowest BCUT2D eigenvalue weighted by atomic mass is 9.95. The maximum Gasteiger partial charge on any atom is 0.252 e. The molecule has 0 aliphatic carbocycles. The number of carbonyl (C=O) groups excluding carboxylic acids is 2. The summed E-state index contributed by atoms with van der Waals surface area (Å²) in [6, 6.07) is 17.3. The maximum absolute atomic E-state index is 12.5. The Hall–Kier alpha value is -3.48. The molecule has 2 aromatic carbocycles. The van der Waals surface area contributed by atoms with Crippen LogP contribution in [0.4, 0.5) is 0 Å². The second-order valence-electron chi connectivity index (χ2n) is 6.88. The summed E-state index contributed by atoms with van der Waals surface area (Å²) in [4.78, 5) is 28.4. The Balaban J connectivity index is 1.62. The highest BCUT2D eigenvalue weighted by Crippen LogP contribution is 2.25. The van der Waals surface area contributed by atoms with Crippen molar-refractivity contribution in [2.24, 2.45) is 5.73 Å². The third-order valence-electron chi connectivity index (χ3n) is 4.83. The number of primary amides is 1. The Labute approximate surface area is 162 Å². The van der Waals surface area contributed by atoms with E-state index in [4.69, 9.17) is 5.73 Å². The number of hydrogen-bond donors (Lipinski definition) is 2. The van der Waals surface area contributed by atoms with E-state index in [1.807, 2.05) is 42.5 Å². The van der Waals surface area contributed by atoms with Gasteiger partial charge in [-0.3, -0.25) is 9.59 Å². The van der Waals surface area contributed by atoms with Crippen LogP contribution in [0.2, 0.25) is 0 Å². The highest BCUT2D eigenvalue weighted by atomic mass is 16.2. The van der Waals surface area contributed by atoms with E-state index in [0.29, 0.717) is 30.2 Å². The SMILES string of the molecule is NC(=O)Cc1nc(C2Cc3ccccc3C(=O)N2)n(CCc2ccccc2)n1. The number of aromatic nitrogens is 3. The van der Waals surface area contributed by atoms with Crippen molar-refractivity contribution in [1.82, 2.24) is 20.1 Å². The average molecular weight is 375 g/mol. The van der Waals surface area contributed by atoms with E-state index >= 15 is 0 Å². The first-order chi connectivity index (χ1) is 13.6. The summed E-state index contributed by atoms with van der Waals surface area (Å²) in [5.74, 6) is 0.421. The number of aryl methyl sites for hydroxylation is 2. The fourth-order valence-corrected chi connectivity index (χ4v) is 3.52. The first-order valence-electron chi connectivity index (χ1n) is 9.25. The molecule has 0 spiro atoms. The average Bonchev–Trinajstić information content (AvgIpc) is 3.09. The zero-order chi connectivity index (χ0) is 19.5. The molecule has 0 bridgehead atoms. The molecule has 28 heavy (non-hydrogen) atoms. The quantitative estimate of drug-likeness (QED) is 0.683. The minimum atomic E-state index is -0.482. The fourth-order valence-electron chi connectivity index (χ4n) is 3.52. The van der Waals surface area contributed by atoms with Gasteiger partial charge in [0.2, 0.25) is 5.91 Å². The van der Waals surface area contributed by atoms with Crippen LogP contribution in [0.25, 0.3) is 0 Å². The molecule has 0 saturated heterocycles. The van der Waals surface area contributed by atoms with Gasteiger partial charge in [-0.25, -0.2) is 9.67 Å². The normalized spacial score (nSPS) is 15.7. The van der Waals surface area contributed by atoms with Gasteiger partial charge in [-0.2, -0.15) is 5.10 Å². The second-order valence-corrected chi connectivity index (χ2v) is 6.88. The van der Waals surface area contributed by atoms with Gasteiger partial charge in [-0.15, -0.1) is 0 Å². The molecule has 0 radical (unpaired) electrons. The monoisotopic (exact) mass is 375 g/mol. The van der Waals surface area contributed by atoms with Crippen molar-refractivity contribution in [3.05, 3.63) is 82.9 Å². The van der Waals surface area contributed by atoms with Crippen molar-refractivity contribution in [2.45, 2.75) is 31.8 Å². The molecule has 3 N–H and O–H groups in total. The van der Waals surface area contributed by atoms with E-state index in [1.54, 1.807) is 4.68 Å². The van der Waals surface area contributed by atoms with Gasteiger partial charge in [0.15, 0.2) is 5.82 Å². The Morgan fingerprint density at radius 2 is 1.89 bits per heavy atom. The predicted molar refractivity (Wildman–Crippen MR) is 103 cm³/mol. The third kappa shape index (κ3) is 3.78. The number of carbonyl (C=O) groups is 2. The van der Waals surface area contributed by atoms with Crippen LogP contribution in [0.1, 0.15) is 39.2 Å². The number of nitrogens with two attached hydrogens (primary N) is 1. The van der Waals surface area contributed by atoms with Gasteiger partial charge >= 0.3 is 0 Å². The Morgan fingerprint density at radius 1 is 1.14 bits per heavy atom. The van der Waals surface area contributed by atoms with Crippen LogP contribution in [-0.4, -0.2) is 26.6 Å². The molecule has 1 aromatic heterocycles. The lowest BCUT2D eigenvalue weighted by molar-refractivity contribution is -0.117. The molecule has 2 heterocycles. The molecule has 0 fully saturated rings. The molecule has 1 atom stereocenters. The van der Waals surface area contributed by atoms with Crippen molar-refractivity contribution >= 4 is 11.8 Å². The number of benzene rings is 2. The zero-order valence-electron chi connectivity index (χ0n) is 15.3. The zero-order valence-corrected chi connectivity index (χ0v) is 15.3. The van der Waals surface area contributed by atoms with Gasteiger partial charge < -0.3 is 11.1 Å². The summed E-state index contributed by atoms with van der Waals surface area (Å²) < 4.78 is 1.78. The van der Waals surface area contributed by atoms with Crippen molar-refractivity contribution < 1.29 is 9.59 Å². The van der Waals surface area contributed by atoms with Crippen molar-refractivity contribution in [3.8, 4) is 0 Å². The highest BCUT2D eigenvalue weighted by Gasteiger charge is 2.29. The molecule has 7 heteroatoms. The highest BCUT2D eigenvalue weighted by molar-refractivity contribution is 5.97. The van der Waals surface area contributed by atoms with E-state index in [9.17, 15) is 9.59 Å². The fraction of sp³-hybridized carbons (Fsp3) is 0.238. The summed E-state index contributed by atoms with van der Waals surface area (Å²) in [6.07, 6.45) is 1.37. The second kappa shape index (κ2) is 7.64. The first kappa shape index (κ1) is 17.9. The smallest absolute Gasteiger partial charge is 0.252 e. The van der Waals surface area contributed by atoms with Crippen LogP contribution in [0.5, 0.6) is 0 Å². The van der Waals surface area contributed by atoms with E-state index in [1.165, 1.54) is 5.56 Å².